The zero-order valence-corrected chi connectivity index (χ0v) is 14.1. The summed E-state index contributed by atoms with van der Waals surface area (Å²) in [5.74, 6) is 1.63. The monoisotopic (exact) mass is 320 g/mol. The van der Waals surface area contributed by atoms with Gasteiger partial charge in [-0.05, 0) is 61.3 Å². The summed E-state index contributed by atoms with van der Waals surface area (Å²) in [6.07, 6.45) is 7.23. The summed E-state index contributed by atoms with van der Waals surface area (Å²) in [5, 5.41) is 10.8. The Kier molecular flexibility index (Phi) is 3.84. The number of aliphatic hydroxyl groups is 1. The largest absolute Gasteiger partial charge is 0.412 e. The average molecular weight is 320 g/mol. The van der Waals surface area contributed by atoms with Crippen LogP contribution >= 0.6 is 0 Å². The molecule has 4 rings (SSSR count). The van der Waals surface area contributed by atoms with E-state index in [1.807, 2.05) is 6.08 Å². The number of carbonyl (C=O) groups excluding carboxylic acids is 2. The average Bonchev–Trinajstić information content (AvgIpc) is 2.77. The second-order valence-electron chi connectivity index (χ2n) is 8.53. The molecule has 0 saturated heterocycles. The van der Waals surface area contributed by atoms with Crippen molar-refractivity contribution < 1.29 is 20.2 Å². The van der Waals surface area contributed by atoms with E-state index in [1.165, 1.54) is 5.57 Å². The Morgan fingerprint density at radius 2 is 1.74 bits per heavy atom. The SMILES string of the molecule is C[C@]12CCC(=O)C=C1C[C@@H](O)[C@@H]1[C@@H]2CC[C@]2(C)C(=O)CC[C@@H]12.O. The highest BCUT2D eigenvalue weighted by atomic mass is 16.3. The van der Waals surface area contributed by atoms with Crippen molar-refractivity contribution in [3.63, 3.8) is 0 Å². The first-order valence-corrected chi connectivity index (χ1v) is 8.81. The number of carbonyl (C=O) groups is 2. The molecule has 6 atom stereocenters. The first-order chi connectivity index (χ1) is 10.4. The molecule has 0 bridgehead atoms. The van der Waals surface area contributed by atoms with Gasteiger partial charge >= 0.3 is 0 Å². The highest BCUT2D eigenvalue weighted by Crippen LogP contribution is 2.64. The molecule has 0 heterocycles. The van der Waals surface area contributed by atoms with Gasteiger partial charge in [0, 0.05) is 18.3 Å². The molecule has 3 saturated carbocycles. The Balaban J connectivity index is 0.00000156. The van der Waals surface area contributed by atoms with Crippen LogP contribution in [0.1, 0.15) is 58.8 Å². The van der Waals surface area contributed by atoms with Crippen LogP contribution in [-0.4, -0.2) is 28.3 Å². The second-order valence-corrected chi connectivity index (χ2v) is 8.53. The minimum Gasteiger partial charge on any atom is -0.412 e. The van der Waals surface area contributed by atoms with E-state index in [1.54, 1.807) is 0 Å². The standard InChI is InChI=1S/C19H26O3.H2O/c1-18-7-5-12(20)9-11(18)10-15(21)17-13-3-4-16(22)19(13,2)8-6-14(17)18;/h9,13-15,17,21H,3-8,10H2,1-2H3;1H2/t13-,14-,15+,17-,18-,19-;/m0./s1. The number of aliphatic hydroxyl groups excluding tert-OH is 1. The lowest BCUT2D eigenvalue weighted by molar-refractivity contribution is -0.139. The third kappa shape index (κ3) is 2.11. The van der Waals surface area contributed by atoms with Gasteiger partial charge in [0.15, 0.2) is 5.78 Å². The second kappa shape index (κ2) is 5.25. The summed E-state index contributed by atoms with van der Waals surface area (Å²) in [5.41, 5.74) is 1.03. The van der Waals surface area contributed by atoms with Gasteiger partial charge in [0.25, 0.3) is 0 Å². The van der Waals surface area contributed by atoms with Crippen molar-refractivity contribution in [3.05, 3.63) is 11.6 Å². The van der Waals surface area contributed by atoms with Crippen molar-refractivity contribution in [2.75, 3.05) is 0 Å². The summed E-state index contributed by atoms with van der Waals surface area (Å²) in [6.45, 7) is 4.43. The molecule has 0 aliphatic heterocycles. The topological polar surface area (TPSA) is 85.9 Å². The number of ketones is 2. The van der Waals surface area contributed by atoms with Crippen molar-refractivity contribution in [1.82, 2.24) is 0 Å². The van der Waals surface area contributed by atoms with E-state index in [4.69, 9.17) is 0 Å². The van der Waals surface area contributed by atoms with E-state index >= 15 is 0 Å². The van der Waals surface area contributed by atoms with Crippen LogP contribution in [0, 0.1) is 28.6 Å². The molecule has 23 heavy (non-hydrogen) atoms. The zero-order chi connectivity index (χ0) is 15.7. The van der Waals surface area contributed by atoms with Gasteiger partial charge in [-0.15, -0.1) is 0 Å². The lowest BCUT2D eigenvalue weighted by atomic mass is 9.47. The van der Waals surface area contributed by atoms with Crippen molar-refractivity contribution in [3.8, 4) is 0 Å². The number of hydrogen-bond acceptors (Lipinski definition) is 3. The van der Waals surface area contributed by atoms with Crippen LogP contribution < -0.4 is 0 Å². The highest BCUT2D eigenvalue weighted by Gasteiger charge is 2.61. The van der Waals surface area contributed by atoms with E-state index in [0.717, 1.165) is 25.7 Å². The minimum absolute atomic E-state index is 0. The highest BCUT2D eigenvalue weighted by molar-refractivity contribution is 5.91. The lowest BCUT2D eigenvalue weighted by Crippen LogP contribution is -2.55. The molecule has 4 aliphatic carbocycles. The fraction of sp³-hybridized carbons (Fsp3) is 0.789. The molecule has 0 radical (unpaired) electrons. The summed E-state index contributed by atoms with van der Waals surface area (Å²) in [6, 6.07) is 0. The first-order valence-electron chi connectivity index (χ1n) is 8.81. The number of Topliss-reactive ketones (excluding diaryl/α,β-unsaturated/α-hetero) is 1. The van der Waals surface area contributed by atoms with Crippen LogP contribution in [0.2, 0.25) is 0 Å². The third-order valence-corrected chi connectivity index (χ3v) is 7.69. The maximum absolute atomic E-state index is 12.4. The first kappa shape index (κ1) is 16.8. The zero-order valence-electron chi connectivity index (χ0n) is 14.1. The van der Waals surface area contributed by atoms with Gasteiger partial charge in [0.1, 0.15) is 5.78 Å². The van der Waals surface area contributed by atoms with Crippen molar-refractivity contribution in [2.24, 2.45) is 28.6 Å². The van der Waals surface area contributed by atoms with E-state index in [9.17, 15) is 14.7 Å². The Morgan fingerprint density at radius 1 is 1.04 bits per heavy atom. The lowest BCUT2D eigenvalue weighted by Gasteiger charge is -2.58. The van der Waals surface area contributed by atoms with Gasteiger partial charge in [-0.3, -0.25) is 9.59 Å². The van der Waals surface area contributed by atoms with E-state index in [-0.39, 0.29) is 34.1 Å². The molecule has 0 aromatic rings. The molecule has 128 valence electrons. The van der Waals surface area contributed by atoms with Gasteiger partial charge < -0.3 is 10.6 Å². The molecule has 0 amide bonds. The normalized spacial score (nSPS) is 48.7. The number of rotatable bonds is 0. The predicted octanol–water partition coefficient (Wildman–Crippen LogP) is 2.23. The van der Waals surface area contributed by atoms with Crippen LogP contribution in [0.25, 0.3) is 0 Å². The predicted molar refractivity (Wildman–Crippen MR) is 86.7 cm³/mol. The molecule has 0 aromatic heterocycles. The molecule has 4 nitrogen and oxygen atoms in total. The van der Waals surface area contributed by atoms with E-state index in [2.05, 4.69) is 13.8 Å². The molecule has 4 heteroatoms. The molecule has 3 fully saturated rings. The van der Waals surface area contributed by atoms with Crippen LogP contribution in [0.5, 0.6) is 0 Å². The summed E-state index contributed by atoms with van der Waals surface area (Å²) in [4.78, 5) is 24.2. The number of hydrogen-bond donors (Lipinski definition) is 1. The fourth-order valence-electron chi connectivity index (χ4n) is 6.30. The van der Waals surface area contributed by atoms with Crippen LogP contribution in [0.4, 0.5) is 0 Å². The Hall–Kier alpha value is -1.00. The quantitative estimate of drug-likeness (QED) is 0.742. The molecule has 0 aromatic carbocycles. The van der Waals surface area contributed by atoms with Gasteiger partial charge in [-0.1, -0.05) is 19.4 Å². The third-order valence-electron chi connectivity index (χ3n) is 7.69. The molecule has 3 N–H and O–H groups in total. The van der Waals surface area contributed by atoms with Crippen LogP contribution in [0.15, 0.2) is 11.6 Å². The fourth-order valence-corrected chi connectivity index (χ4v) is 6.30. The Labute approximate surface area is 137 Å². The van der Waals surface area contributed by atoms with Gasteiger partial charge in [-0.25, -0.2) is 0 Å². The summed E-state index contributed by atoms with van der Waals surface area (Å²) < 4.78 is 0. The Morgan fingerprint density at radius 3 is 2.48 bits per heavy atom. The maximum Gasteiger partial charge on any atom is 0.155 e. The molecule has 4 aliphatic rings. The van der Waals surface area contributed by atoms with Crippen LogP contribution in [-0.2, 0) is 9.59 Å². The van der Waals surface area contributed by atoms with Crippen molar-refractivity contribution in [2.45, 2.75) is 64.9 Å². The molecule has 0 spiro atoms. The van der Waals surface area contributed by atoms with Gasteiger partial charge in [-0.2, -0.15) is 0 Å². The summed E-state index contributed by atoms with van der Waals surface area (Å²) >= 11 is 0. The maximum atomic E-state index is 12.4. The van der Waals surface area contributed by atoms with Crippen molar-refractivity contribution in [1.29, 1.82) is 0 Å². The molecule has 0 unspecified atom stereocenters. The van der Waals surface area contributed by atoms with E-state index < -0.39 is 0 Å². The Bertz CT molecular complexity index is 580. The number of fused-ring (bicyclic) bond motifs is 5. The van der Waals surface area contributed by atoms with Crippen molar-refractivity contribution >= 4 is 11.6 Å². The van der Waals surface area contributed by atoms with Crippen LogP contribution in [0.3, 0.4) is 0 Å². The van der Waals surface area contributed by atoms with E-state index in [0.29, 0.717) is 36.9 Å². The molecular formula is C19H28O4. The molecular weight excluding hydrogens is 292 g/mol. The summed E-state index contributed by atoms with van der Waals surface area (Å²) in [7, 11) is 0. The minimum atomic E-state index is -0.384. The van der Waals surface area contributed by atoms with Gasteiger partial charge in [0.2, 0.25) is 0 Å². The smallest absolute Gasteiger partial charge is 0.155 e. The van der Waals surface area contributed by atoms with Gasteiger partial charge in [0.05, 0.1) is 6.10 Å².